The molecule has 0 amide bonds. The Kier molecular flexibility index (Phi) is 4.16. The van der Waals surface area contributed by atoms with E-state index in [0.717, 1.165) is 6.07 Å². The van der Waals surface area contributed by atoms with Gasteiger partial charge in [-0.25, -0.2) is 4.39 Å². The van der Waals surface area contributed by atoms with Crippen molar-refractivity contribution < 1.29 is 24.3 Å². The molecule has 0 saturated carbocycles. The monoisotopic (exact) mass is 258 g/mol. The molecular formula is C10H11FN2O5. The first-order valence-electron chi connectivity index (χ1n) is 4.97. The minimum absolute atomic E-state index is 0.0660. The molecule has 4 N–H and O–H groups in total. The number of nitro groups is 1. The van der Waals surface area contributed by atoms with Crippen molar-refractivity contribution in [3.05, 3.63) is 33.6 Å². The van der Waals surface area contributed by atoms with E-state index in [1.165, 1.54) is 0 Å². The van der Waals surface area contributed by atoms with Crippen LogP contribution in [0.5, 0.6) is 5.75 Å². The van der Waals surface area contributed by atoms with Gasteiger partial charge < -0.3 is 15.9 Å². The second-order valence-electron chi connectivity index (χ2n) is 3.66. The van der Waals surface area contributed by atoms with Crippen molar-refractivity contribution in [2.24, 2.45) is 5.73 Å². The molecule has 0 saturated heterocycles. The predicted molar refractivity (Wildman–Crippen MR) is 58.5 cm³/mol. The van der Waals surface area contributed by atoms with Crippen LogP contribution < -0.4 is 5.73 Å². The van der Waals surface area contributed by atoms with Gasteiger partial charge in [-0.05, 0) is 12.5 Å². The highest BCUT2D eigenvalue weighted by molar-refractivity contribution is 5.66. The Morgan fingerprint density at radius 3 is 2.67 bits per heavy atom. The van der Waals surface area contributed by atoms with E-state index in [1.807, 2.05) is 0 Å². The highest BCUT2D eigenvalue weighted by Crippen LogP contribution is 2.35. The summed E-state index contributed by atoms with van der Waals surface area (Å²) >= 11 is 0. The number of carbonyl (C=O) groups is 1. The van der Waals surface area contributed by atoms with Crippen LogP contribution in [0.1, 0.15) is 24.4 Å². The maximum absolute atomic E-state index is 13.1. The van der Waals surface area contributed by atoms with Gasteiger partial charge >= 0.3 is 11.7 Å². The zero-order chi connectivity index (χ0) is 13.9. The normalized spacial score (nSPS) is 12.1. The molecule has 1 unspecified atom stereocenters. The Morgan fingerprint density at radius 1 is 1.56 bits per heavy atom. The Labute approximate surface area is 101 Å². The molecule has 1 aromatic rings. The molecule has 1 rings (SSSR count). The lowest BCUT2D eigenvalue weighted by atomic mass is 10.0. The quantitative estimate of drug-likeness (QED) is 0.539. The number of hydrogen-bond acceptors (Lipinski definition) is 5. The smallest absolute Gasteiger partial charge is 0.313 e. The number of nitro benzene ring substituents is 1. The molecule has 8 heteroatoms. The van der Waals surface area contributed by atoms with Crippen LogP contribution in [0.4, 0.5) is 10.1 Å². The van der Waals surface area contributed by atoms with Crippen molar-refractivity contribution in [1.29, 1.82) is 0 Å². The van der Waals surface area contributed by atoms with Crippen molar-refractivity contribution in [1.82, 2.24) is 0 Å². The molecule has 0 aliphatic carbocycles. The molecular weight excluding hydrogens is 247 g/mol. The van der Waals surface area contributed by atoms with E-state index < -0.39 is 34.2 Å². The van der Waals surface area contributed by atoms with Gasteiger partial charge in [0.2, 0.25) is 0 Å². The van der Waals surface area contributed by atoms with E-state index in [1.54, 1.807) is 0 Å². The van der Waals surface area contributed by atoms with Gasteiger partial charge in [-0.3, -0.25) is 14.9 Å². The number of hydrogen-bond donors (Lipinski definition) is 3. The minimum Gasteiger partial charge on any atom is -0.502 e. The van der Waals surface area contributed by atoms with Gasteiger partial charge in [0.25, 0.3) is 0 Å². The molecule has 0 heterocycles. The third-order valence-electron chi connectivity index (χ3n) is 2.35. The fourth-order valence-corrected chi connectivity index (χ4v) is 1.46. The number of carboxylic acids is 1. The summed E-state index contributed by atoms with van der Waals surface area (Å²) in [6.45, 7) is 0. The van der Waals surface area contributed by atoms with Crippen LogP contribution in [0.3, 0.4) is 0 Å². The summed E-state index contributed by atoms with van der Waals surface area (Å²) in [5.41, 5.74) is 4.60. The summed E-state index contributed by atoms with van der Waals surface area (Å²) in [5, 5.41) is 28.6. The first-order chi connectivity index (χ1) is 8.32. The maximum atomic E-state index is 13.1. The summed E-state index contributed by atoms with van der Waals surface area (Å²) in [4.78, 5) is 20.0. The number of nitrogens with zero attached hydrogens (tertiary/aromatic N) is 1. The number of carboxylic acid groups (broad SMARTS) is 1. The summed E-state index contributed by atoms with van der Waals surface area (Å²) in [6, 6.07) is 0.438. The Bertz CT molecular complexity index is 491. The van der Waals surface area contributed by atoms with E-state index in [-0.39, 0.29) is 18.4 Å². The topological polar surface area (TPSA) is 127 Å². The average molecular weight is 258 g/mol. The molecule has 18 heavy (non-hydrogen) atoms. The first kappa shape index (κ1) is 13.8. The van der Waals surface area contributed by atoms with Gasteiger partial charge in [0.1, 0.15) is 5.82 Å². The molecule has 98 valence electrons. The Morgan fingerprint density at radius 2 is 2.17 bits per heavy atom. The number of rotatable bonds is 5. The van der Waals surface area contributed by atoms with Crippen LogP contribution in [-0.4, -0.2) is 21.1 Å². The third-order valence-corrected chi connectivity index (χ3v) is 2.35. The molecule has 0 radical (unpaired) electrons. The van der Waals surface area contributed by atoms with E-state index in [0.29, 0.717) is 6.07 Å². The Hall–Kier alpha value is -2.22. The number of aliphatic carboxylic acids is 1. The zero-order valence-corrected chi connectivity index (χ0v) is 9.17. The van der Waals surface area contributed by atoms with Gasteiger partial charge in [-0.2, -0.15) is 0 Å². The molecule has 0 bridgehead atoms. The predicted octanol–water partition coefficient (Wildman–Crippen LogP) is 1.30. The average Bonchev–Trinajstić information content (AvgIpc) is 2.28. The molecule has 0 spiro atoms. The fraction of sp³-hybridized carbons (Fsp3) is 0.300. The van der Waals surface area contributed by atoms with Crippen molar-refractivity contribution in [2.75, 3.05) is 0 Å². The van der Waals surface area contributed by atoms with E-state index in [2.05, 4.69) is 0 Å². The zero-order valence-electron chi connectivity index (χ0n) is 9.17. The van der Waals surface area contributed by atoms with Crippen LogP contribution >= 0.6 is 0 Å². The van der Waals surface area contributed by atoms with Gasteiger partial charge in [-0.15, -0.1) is 0 Å². The second kappa shape index (κ2) is 5.41. The van der Waals surface area contributed by atoms with Crippen LogP contribution in [0.2, 0.25) is 0 Å². The second-order valence-corrected chi connectivity index (χ2v) is 3.66. The number of aromatic hydroxyl groups is 1. The third kappa shape index (κ3) is 3.14. The van der Waals surface area contributed by atoms with Crippen molar-refractivity contribution in [2.45, 2.75) is 18.9 Å². The maximum Gasteiger partial charge on any atom is 0.313 e. The van der Waals surface area contributed by atoms with Crippen molar-refractivity contribution >= 4 is 11.7 Å². The van der Waals surface area contributed by atoms with E-state index in [4.69, 9.17) is 10.8 Å². The fourth-order valence-electron chi connectivity index (χ4n) is 1.46. The van der Waals surface area contributed by atoms with Gasteiger partial charge in [-0.1, -0.05) is 0 Å². The van der Waals surface area contributed by atoms with Crippen LogP contribution in [-0.2, 0) is 4.79 Å². The van der Waals surface area contributed by atoms with Gasteiger partial charge in [0.15, 0.2) is 5.75 Å². The molecule has 7 nitrogen and oxygen atoms in total. The lowest BCUT2D eigenvalue weighted by Gasteiger charge is -2.12. The first-order valence-corrected chi connectivity index (χ1v) is 4.97. The summed E-state index contributed by atoms with van der Waals surface area (Å²) < 4.78 is 13.1. The molecule has 1 aromatic carbocycles. The van der Waals surface area contributed by atoms with Gasteiger partial charge in [0.05, 0.1) is 11.0 Å². The molecule has 0 aliphatic heterocycles. The van der Waals surface area contributed by atoms with Crippen LogP contribution in [0, 0.1) is 15.9 Å². The number of nitrogens with two attached hydrogens (primary N) is 1. The number of benzene rings is 1. The summed E-state index contributed by atoms with van der Waals surface area (Å²) in [7, 11) is 0. The number of halogens is 1. The Balaban J connectivity index is 3.08. The van der Waals surface area contributed by atoms with Crippen LogP contribution in [0.25, 0.3) is 0 Å². The summed E-state index contributed by atoms with van der Waals surface area (Å²) in [6.07, 6.45) is -0.353. The van der Waals surface area contributed by atoms with Crippen molar-refractivity contribution in [3.63, 3.8) is 0 Å². The SMILES string of the molecule is NC(CCC(=O)O)c1cc(F)cc([N+](=O)[O-])c1O. The van der Waals surface area contributed by atoms with Crippen molar-refractivity contribution in [3.8, 4) is 5.75 Å². The number of phenolic OH excluding ortho intramolecular Hbond substituents is 1. The number of phenols is 1. The van der Waals surface area contributed by atoms with Crippen LogP contribution in [0.15, 0.2) is 12.1 Å². The largest absolute Gasteiger partial charge is 0.502 e. The molecule has 1 atom stereocenters. The summed E-state index contributed by atoms with van der Waals surface area (Å²) in [5.74, 6) is -2.75. The lowest BCUT2D eigenvalue weighted by molar-refractivity contribution is -0.386. The molecule has 0 aromatic heterocycles. The lowest BCUT2D eigenvalue weighted by Crippen LogP contribution is -2.13. The molecule has 0 fully saturated rings. The minimum atomic E-state index is -1.10. The van der Waals surface area contributed by atoms with E-state index in [9.17, 15) is 24.4 Å². The van der Waals surface area contributed by atoms with Gasteiger partial charge in [0, 0.05) is 18.0 Å². The standard InChI is InChI=1S/C10H11FN2O5/c11-5-3-6(7(12)1-2-9(14)15)10(16)8(4-5)13(17)18/h3-4,7,16H,1-2,12H2,(H,14,15). The molecule has 0 aliphatic rings. The van der Waals surface area contributed by atoms with E-state index >= 15 is 0 Å². The highest BCUT2D eigenvalue weighted by atomic mass is 19.1. The highest BCUT2D eigenvalue weighted by Gasteiger charge is 2.23.